The van der Waals surface area contributed by atoms with Crippen LogP contribution in [0, 0.1) is 18.2 Å². The number of hydrogen-bond acceptors (Lipinski definition) is 4. The van der Waals surface area contributed by atoms with Crippen LogP contribution in [0.25, 0.3) is 0 Å². The van der Waals surface area contributed by atoms with Gasteiger partial charge in [0.1, 0.15) is 5.82 Å². The fourth-order valence-electron chi connectivity index (χ4n) is 3.47. The molecule has 3 rings (SSSR count). The molecule has 4 nitrogen and oxygen atoms in total. The van der Waals surface area contributed by atoms with Crippen molar-refractivity contribution in [3.05, 3.63) is 52.3 Å². The van der Waals surface area contributed by atoms with Crippen molar-refractivity contribution in [1.29, 1.82) is 0 Å². The summed E-state index contributed by atoms with van der Waals surface area (Å²) >= 11 is 1.26. The van der Waals surface area contributed by atoms with Crippen LogP contribution in [0.5, 0.6) is 0 Å². The average molecular weight is 348 g/mol. The number of carbonyl (C=O) groups excluding carboxylic acids is 1. The van der Waals surface area contributed by atoms with E-state index in [9.17, 15) is 14.3 Å². The zero-order valence-electron chi connectivity index (χ0n) is 13.6. The largest absolute Gasteiger partial charge is 0.392 e. The number of amides is 1. The molecule has 0 spiro atoms. The van der Waals surface area contributed by atoms with Crippen molar-refractivity contribution in [3.8, 4) is 0 Å². The molecule has 1 aromatic heterocycles. The van der Waals surface area contributed by atoms with Gasteiger partial charge in [0.25, 0.3) is 5.91 Å². The van der Waals surface area contributed by atoms with Crippen LogP contribution in [-0.4, -0.2) is 28.0 Å². The SMILES string of the molecule is Cc1nscc1C(=O)NC[C@]1(Cc2ccc(F)cc2)CCC[C@H]1O. The number of nitrogens with one attached hydrogen (secondary N) is 1. The molecule has 1 amide bonds. The normalized spacial score (nSPS) is 23.4. The topological polar surface area (TPSA) is 62.2 Å². The molecule has 2 aromatic rings. The number of benzene rings is 1. The number of aryl methyl sites for hydroxylation is 1. The van der Waals surface area contributed by atoms with E-state index in [4.69, 9.17) is 0 Å². The van der Waals surface area contributed by atoms with Crippen LogP contribution >= 0.6 is 11.5 Å². The Kier molecular flexibility index (Phi) is 4.96. The smallest absolute Gasteiger partial charge is 0.254 e. The molecular weight excluding hydrogens is 327 g/mol. The number of hydrogen-bond donors (Lipinski definition) is 2. The number of rotatable bonds is 5. The third kappa shape index (κ3) is 3.49. The number of nitrogens with zero attached hydrogens (tertiary/aromatic N) is 1. The molecule has 2 atom stereocenters. The van der Waals surface area contributed by atoms with Crippen molar-refractivity contribution in [2.45, 2.75) is 38.7 Å². The lowest BCUT2D eigenvalue weighted by atomic mass is 9.78. The molecule has 1 aromatic carbocycles. The number of aliphatic hydroxyl groups excluding tert-OH is 1. The van der Waals surface area contributed by atoms with E-state index in [0.29, 0.717) is 18.5 Å². The highest BCUT2D eigenvalue weighted by Gasteiger charge is 2.42. The Labute approximate surface area is 144 Å². The standard InChI is InChI=1S/C18H21FN2O2S/c1-12-15(10-24-21-12)17(23)20-11-18(8-2-3-16(18)22)9-13-4-6-14(19)7-5-13/h4-7,10,16,22H,2-3,8-9,11H2,1H3,(H,20,23)/t16-,18-/m1/s1. The Morgan fingerprint density at radius 2 is 2.21 bits per heavy atom. The maximum Gasteiger partial charge on any atom is 0.254 e. The van der Waals surface area contributed by atoms with Crippen LogP contribution in [0.4, 0.5) is 4.39 Å². The van der Waals surface area contributed by atoms with Crippen molar-refractivity contribution < 1.29 is 14.3 Å². The van der Waals surface area contributed by atoms with Gasteiger partial charge in [-0.15, -0.1) is 0 Å². The van der Waals surface area contributed by atoms with Crippen LogP contribution < -0.4 is 5.32 Å². The molecule has 6 heteroatoms. The summed E-state index contributed by atoms with van der Waals surface area (Å²) < 4.78 is 17.2. The lowest BCUT2D eigenvalue weighted by molar-refractivity contribution is 0.0500. The summed E-state index contributed by atoms with van der Waals surface area (Å²) in [6.07, 6.45) is 2.65. The fourth-order valence-corrected chi connectivity index (χ4v) is 4.16. The lowest BCUT2D eigenvalue weighted by Crippen LogP contribution is -2.44. The minimum atomic E-state index is -0.468. The molecule has 128 valence electrons. The second-order valence-corrected chi connectivity index (χ2v) is 7.20. The van der Waals surface area contributed by atoms with Crippen LogP contribution in [-0.2, 0) is 6.42 Å². The Bertz CT molecular complexity index is 716. The Morgan fingerprint density at radius 1 is 1.46 bits per heavy atom. The molecule has 1 aliphatic carbocycles. The highest BCUT2D eigenvalue weighted by Crippen LogP contribution is 2.41. The van der Waals surface area contributed by atoms with E-state index in [1.165, 1.54) is 23.7 Å². The van der Waals surface area contributed by atoms with Crippen molar-refractivity contribution in [2.24, 2.45) is 5.41 Å². The van der Waals surface area contributed by atoms with Gasteiger partial charge in [0, 0.05) is 17.3 Å². The first-order valence-electron chi connectivity index (χ1n) is 8.12. The number of halogens is 1. The first-order valence-corrected chi connectivity index (χ1v) is 8.95. The van der Waals surface area contributed by atoms with E-state index in [2.05, 4.69) is 9.69 Å². The number of aromatic nitrogens is 1. The third-order valence-corrected chi connectivity index (χ3v) is 5.64. The fraction of sp³-hybridized carbons (Fsp3) is 0.444. The molecular formula is C18H21FN2O2S. The van der Waals surface area contributed by atoms with Crippen LogP contribution in [0.1, 0.15) is 40.9 Å². The molecule has 1 fully saturated rings. The summed E-state index contributed by atoms with van der Waals surface area (Å²) in [6.45, 7) is 2.21. The first-order chi connectivity index (χ1) is 11.5. The summed E-state index contributed by atoms with van der Waals surface area (Å²) in [5, 5.41) is 15.2. The summed E-state index contributed by atoms with van der Waals surface area (Å²) in [5.74, 6) is -0.424. The van der Waals surface area contributed by atoms with Crippen LogP contribution in [0.15, 0.2) is 29.6 Å². The van der Waals surface area contributed by atoms with E-state index in [-0.39, 0.29) is 11.7 Å². The van der Waals surface area contributed by atoms with Crippen molar-refractivity contribution >= 4 is 17.4 Å². The predicted octanol–water partition coefficient (Wildman–Crippen LogP) is 3.09. The van der Waals surface area contributed by atoms with Gasteiger partial charge in [0.05, 0.1) is 17.4 Å². The molecule has 1 heterocycles. The second-order valence-electron chi connectivity index (χ2n) is 6.57. The molecule has 0 aliphatic heterocycles. The van der Waals surface area contributed by atoms with Gasteiger partial charge in [-0.25, -0.2) is 4.39 Å². The molecule has 0 bridgehead atoms. The molecule has 1 saturated carbocycles. The molecule has 24 heavy (non-hydrogen) atoms. The molecule has 0 radical (unpaired) electrons. The third-order valence-electron chi connectivity index (χ3n) is 4.92. The zero-order chi connectivity index (χ0) is 17.2. The van der Waals surface area contributed by atoms with Gasteiger partial charge in [-0.05, 0) is 55.4 Å². The van der Waals surface area contributed by atoms with Gasteiger partial charge in [-0.3, -0.25) is 4.79 Å². The molecule has 1 aliphatic rings. The van der Waals surface area contributed by atoms with Crippen molar-refractivity contribution in [1.82, 2.24) is 9.69 Å². The second kappa shape index (κ2) is 6.99. The van der Waals surface area contributed by atoms with E-state index in [1.54, 1.807) is 17.5 Å². The minimum absolute atomic E-state index is 0.154. The summed E-state index contributed by atoms with van der Waals surface area (Å²) in [4.78, 5) is 12.4. The predicted molar refractivity (Wildman–Crippen MR) is 91.6 cm³/mol. The van der Waals surface area contributed by atoms with E-state index in [1.807, 2.05) is 6.92 Å². The first kappa shape index (κ1) is 17.0. The summed E-state index contributed by atoms with van der Waals surface area (Å²) in [6, 6.07) is 6.36. The monoisotopic (exact) mass is 348 g/mol. The molecule has 2 N–H and O–H groups in total. The van der Waals surface area contributed by atoms with Gasteiger partial charge < -0.3 is 10.4 Å². The average Bonchev–Trinajstić information content (AvgIpc) is 3.14. The number of aliphatic hydroxyl groups is 1. The Hall–Kier alpha value is -1.79. The van der Waals surface area contributed by atoms with Gasteiger partial charge in [0.2, 0.25) is 0 Å². The van der Waals surface area contributed by atoms with Crippen LogP contribution in [0.3, 0.4) is 0 Å². The van der Waals surface area contributed by atoms with Crippen molar-refractivity contribution in [2.75, 3.05) is 6.54 Å². The van der Waals surface area contributed by atoms with Gasteiger partial charge >= 0.3 is 0 Å². The molecule has 0 saturated heterocycles. The van der Waals surface area contributed by atoms with E-state index < -0.39 is 11.5 Å². The lowest BCUT2D eigenvalue weighted by Gasteiger charge is -2.33. The van der Waals surface area contributed by atoms with E-state index in [0.717, 1.165) is 30.5 Å². The molecule has 0 unspecified atom stereocenters. The highest BCUT2D eigenvalue weighted by molar-refractivity contribution is 7.03. The van der Waals surface area contributed by atoms with Crippen LogP contribution in [0.2, 0.25) is 0 Å². The van der Waals surface area contributed by atoms with Gasteiger partial charge in [-0.1, -0.05) is 18.6 Å². The maximum atomic E-state index is 13.1. The van der Waals surface area contributed by atoms with Gasteiger partial charge in [0.15, 0.2) is 0 Å². The summed E-state index contributed by atoms with van der Waals surface area (Å²) in [5.41, 5.74) is 1.88. The number of carbonyl (C=O) groups is 1. The highest BCUT2D eigenvalue weighted by atomic mass is 32.1. The quantitative estimate of drug-likeness (QED) is 0.873. The van der Waals surface area contributed by atoms with Crippen molar-refractivity contribution in [3.63, 3.8) is 0 Å². The minimum Gasteiger partial charge on any atom is -0.392 e. The zero-order valence-corrected chi connectivity index (χ0v) is 14.4. The Morgan fingerprint density at radius 3 is 2.79 bits per heavy atom. The van der Waals surface area contributed by atoms with E-state index >= 15 is 0 Å². The summed E-state index contributed by atoms with van der Waals surface area (Å²) in [7, 11) is 0. The Balaban J connectivity index is 1.73. The maximum absolute atomic E-state index is 13.1. The van der Waals surface area contributed by atoms with Gasteiger partial charge in [-0.2, -0.15) is 4.37 Å².